The first-order valence-electron chi connectivity index (χ1n) is 16.0. The Hall–Kier alpha value is -2.60. The molecule has 1 aromatic carbocycles. The van der Waals surface area contributed by atoms with Gasteiger partial charge in [0.25, 0.3) is 0 Å². The van der Waals surface area contributed by atoms with Crippen molar-refractivity contribution in [1.29, 1.82) is 0 Å². The quantitative estimate of drug-likeness (QED) is 0.247. The van der Waals surface area contributed by atoms with Crippen LogP contribution in [0.1, 0.15) is 83.4 Å². The molecule has 2 saturated carbocycles. The molecule has 2 aromatic rings. The number of amides is 2. The Balaban J connectivity index is 1.77. The van der Waals surface area contributed by atoms with Crippen molar-refractivity contribution in [2.24, 2.45) is 23.5 Å². The fraction of sp³-hybridized carbons (Fsp3) is 0.667. The van der Waals surface area contributed by atoms with E-state index in [0.29, 0.717) is 12.1 Å². The van der Waals surface area contributed by atoms with Gasteiger partial charge >= 0.3 is 0 Å². The normalized spacial score (nSPS) is 20.0. The van der Waals surface area contributed by atoms with Crippen LogP contribution < -0.4 is 5.73 Å². The molecule has 2 aliphatic rings. The summed E-state index contributed by atoms with van der Waals surface area (Å²) in [5, 5.41) is 22.8. The highest BCUT2D eigenvalue weighted by Gasteiger charge is 2.47. The van der Waals surface area contributed by atoms with Gasteiger partial charge in [0, 0.05) is 12.6 Å². The van der Waals surface area contributed by atoms with Gasteiger partial charge < -0.3 is 20.9 Å². The predicted octanol–water partition coefficient (Wildman–Crippen LogP) is 3.18. The Morgan fingerprint density at radius 3 is 2.25 bits per heavy atom. The van der Waals surface area contributed by atoms with E-state index in [1.807, 2.05) is 30.3 Å². The number of aromatic nitrogens is 2. The summed E-state index contributed by atoms with van der Waals surface area (Å²) in [5.74, 6) is -2.93. The number of benzene rings is 1. The zero-order valence-electron chi connectivity index (χ0n) is 26.3. The number of hydrogen-bond acceptors (Lipinski definition) is 8. The van der Waals surface area contributed by atoms with Crippen molar-refractivity contribution in [1.82, 2.24) is 14.9 Å². The van der Waals surface area contributed by atoms with Crippen molar-refractivity contribution in [3.63, 3.8) is 0 Å². The molecule has 2 amide bonds. The Labute approximate surface area is 261 Å². The Morgan fingerprint density at radius 2 is 1.68 bits per heavy atom. The van der Waals surface area contributed by atoms with E-state index >= 15 is 0 Å². The van der Waals surface area contributed by atoms with E-state index in [1.54, 1.807) is 27.0 Å². The van der Waals surface area contributed by atoms with E-state index in [1.165, 1.54) is 6.33 Å². The van der Waals surface area contributed by atoms with Gasteiger partial charge in [-0.2, -0.15) is 0 Å². The zero-order chi connectivity index (χ0) is 32.1. The molecule has 0 unspecified atom stereocenters. The number of carbonyl (C=O) groups is 2. The lowest BCUT2D eigenvalue weighted by molar-refractivity contribution is -0.157. The fourth-order valence-corrected chi connectivity index (χ4v) is 7.55. The topological polar surface area (TPSA) is 167 Å². The second kappa shape index (κ2) is 14.7. The number of sulfone groups is 1. The van der Waals surface area contributed by atoms with Gasteiger partial charge in [-0.3, -0.25) is 14.5 Å². The number of aliphatic hydroxyl groups is 2. The fourth-order valence-electron chi connectivity index (χ4n) is 6.26. The maximum Gasteiger partial charge on any atom is 0.246 e. The van der Waals surface area contributed by atoms with Crippen molar-refractivity contribution in [2.45, 2.75) is 114 Å². The molecule has 2 fully saturated rings. The molecular weight excluding hydrogens is 580 g/mol. The van der Waals surface area contributed by atoms with Gasteiger partial charge in [-0.25, -0.2) is 13.4 Å². The van der Waals surface area contributed by atoms with Crippen LogP contribution in [0.2, 0.25) is 0 Å². The lowest BCUT2D eigenvalue weighted by Gasteiger charge is -2.40. The summed E-state index contributed by atoms with van der Waals surface area (Å²) in [7, 11) is -3.79. The zero-order valence-corrected chi connectivity index (χ0v) is 27.1. The minimum absolute atomic E-state index is 0.0488. The molecule has 0 radical (unpaired) electrons. The molecule has 4 rings (SSSR count). The first-order valence-corrected chi connectivity index (χ1v) is 17.7. The molecule has 244 valence electrons. The minimum Gasteiger partial charge on any atom is -0.390 e. The minimum atomic E-state index is -3.79. The molecule has 5 N–H and O–H groups in total. The molecule has 0 bridgehead atoms. The van der Waals surface area contributed by atoms with Gasteiger partial charge in [-0.1, -0.05) is 62.4 Å². The Bertz CT molecular complexity index is 1320. The van der Waals surface area contributed by atoms with E-state index in [-0.39, 0.29) is 24.7 Å². The first kappa shape index (κ1) is 34.3. The number of imidazole rings is 1. The third kappa shape index (κ3) is 8.77. The van der Waals surface area contributed by atoms with Gasteiger partial charge in [0.1, 0.15) is 6.10 Å². The first-order chi connectivity index (χ1) is 20.8. The lowest BCUT2D eigenvalue weighted by Crippen LogP contribution is -2.60. The molecule has 1 aromatic heterocycles. The molecule has 0 aliphatic heterocycles. The highest BCUT2D eigenvalue weighted by Crippen LogP contribution is 2.38. The van der Waals surface area contributed by atoms with Gasteiger partial charge in [-0.15, -0.1) is 0 Å². The predicted molar refractivity (Wildman–Crippen MR) is 169 cm³/mol. The molecule has 44 heavy (non-hydrogen) atoms. The van der Waals surface area contributed by atoms with Crippen LogP contribution in [0.25, 0.3) is 0 Å². The molecule has 5 atom stereocenters. The number of imide groups is 1. The average Bonchev–Trinajstić information content (AvgIpc) is 3.71. The van der Waals surface area contributed by atoms with Crippen LogP contribution in [0.4, 0.5) is 0 Å². The maximum absolute atomic E-state index is 14.8. The van der Waals surface area contributed by atoms with Crippen molar-refractivity contribution < 1.29 is 28.2 Å². The third-order valence-electron chi connectivity index (χ3n) is 9.28. The summed E-state index contributed by atoms with van der Waals surface area (Å²) in [5.41, 5.74) is 7.75. The van der Waals surface area contributed by atoms with Gasteiger partial charge in [0.15, 0.2) is 9.84 Å². The summed E-state index contributed by atoms with van der Waals surface area (Å²) in [4.78, 5) is 37.2. The van der Waals surface area contributed by atoms with Crippen molar-refractivity contribution in [3.8, 4) is 0 Å². The van der Waals surface area contributed by atoms with E-state index < -0.39 is 62.4 Å². The van der Waals surface area contributed by atoms with Crippen LogP contribution in [0.15, 0.2) is 42.9 Å². The number of nitrogens with zero attached hydrogens (tertiary/aromatic N) is 2. The average molecular weight is 631 g/mol. The molecule has 0 saturated heterocycles. The Morgan fingerprint density at radius 1 is 1.02 bits per heavy atom. The number of aliphatic hydroxyl groups excluding tert-OH is 2. The standard InChI is InChI=1S/C33H50N4O6S/c1-33(2,3)44(42,43)20-25(16-22-10-6-4-7-11-22)31(40)37(32(41)27(34)18-26-19-35-21-36-26)28(17-23-12-8-5-9-13-23)30(39)29(38)24-14-15-24/h4,6-7,10-11,19,21,23-25,27-30,38-39H,5,8-9,12-18,20,34H2,1-3H3,(H,35,36)/t25-,27+,28+,29+,30-/m1/s1. The van der Waals surface area contributed by atoms with E-state index in [2.05, 4.69) is 9.97 Å². The molecule has 10 nitrogen and oxygen atoms in total. The SMILES string of the molecule is CC(C)(C)S(=O)(=O)C[C@@H](Cc1ccccc1)C(=O)N(C(=O)[C@@H](N)Cc1c[nH]cn1)[C@@H](CC1CCCCC1)[C@@H](O)[C@@H](O)C1CC1. The Kier molecular flexibility index (Phi) is 11.4. The van der Waals surface area contributed by atoms with Crippen LogP contribution in [0.5, 0.6) is 0 Å². The van der Waals surface area contributed by atoms with Gasteiger partial charge in [0.2, 0.25) is 11.8 Å². The monoisotopic (exact) mass is 630 g/mol. The molecular formula is C33H50N4O6S. The highest BCUT2D eigenvalue weighted by atomic mass is 32.2. The van der Waals surface area contributed by atoms with Crippen LogP contribution >= 0.6 is 0 Å². The van der Waals surface area contributed by atoms with Crippen LogP contribution in [-0.2, 0) is 32.3 Å². The second-order valence-corrected chi connectivity index (χ2v) is 16.6. The van der Waals surface area contributed by atoms with E-state index in [0.717, 1.165) is 55.4 Å². The lowest BCUT2D eigenvalue weighted by atomic mass is 9.81. The van der Waals surface area contributed by atoms with Crippen molar-refractivity contribution in [2.75, 3.05) is 5.75 Å². The van der Waals surface area contributed by atoms with Crippen LogP contribution in [-0.4, -0.2) is 80.1 Å². The number of H-pyrrole nitrogens is 1. The van der Waals surface area contributed by atoms with E-state index in [4.69, 9.17) is 5.73 Å². The summed E-state index contributed by atoms with van der Waals surface area (Å²) in [6.45, 7) is 4.78. The van der Waals surface area contributed by atoms with E-state index in [9.17, 15) is 28.2 Å². The summed E-state index contributed by atoms with van der Waals surface area (Å²) in [6, 6.07) is 6.91. The van der Waals surface area contributed by atoms with Crippen molar-refractivity contribution in [3.05, 3.63) is 54.1 Å². The highest BCUT2D eigenvalue weighted by molar-refractivity contribution is 7.92. The van der Waals surface area contributed by atoms with Gasteiger partial charge in [0.05, 0.1) is 46.6 Å². The third-order valence-corrected chi connectivity index (χ3v) is 12.0. The van der Waals surface area contributed by atoms with Crippen molar-refractivity contribution >= 4 is 21.7 Å². The number of rotatable bonds is 14. The largest absolute Gasteiger partial charge is 0.390 e. The van der Waals surface area contributed by atoms with Crippen LogP contribution in [0, 0.1) is 17.8 Å². The number of hydrogen-bond donors (Lipinski definition) is 4. The number of nitrogens with one attached hydrogen (secondary N) is 1. The molecule has 11 heteroatoms. The number of aromatic amines is 1. The number of carbonyl (C=O) groups excluding carboxylic acids is 2. The second-order valence-electron chi connectivity index (χ2n) is 13.8. The molecule has 0 spiro atoms. The maximum atomic E-state index is 14.8. The molecule has 2 aliphatic carbocycles. The number of nitrogens with two attached hydrogens (primary N) is 1. The van der Waals surface area contributed by atoms with Gasteiger partial charge in [-0.05, 0) is 63.9 Å². The summed E-state index contributed by atoms with van der Waals surface area (Å²) < 4.78 is 26.0. The molecule has 1 heterocycles. The van der Waals surface area contributed by atoms with Crippen LogP contribution in [0.3, 0.4) is 0 Å². The smallest absolute Gasteiger partial charge is 0.246 e. The summed E-state index contributed by atoms with van der Waals surface area (Å²) in [6.07, 6.45) is 7.50. The summed E-state index contributed by atoms with van der Waals surface area (Å²) >= 11 is 0.